The fraction of sp³-hybridized carbons (Fsp3) is 0.121. The van der Waals surface area contributed by atoms with Crippen molar-refractivity contribution in [2.45, 2.75) is 13.1 Å². The van der Waals surface area contributed by atoms with Crippen molar-refractivity contribution < 1.29 is 18.4 Å². The molecule has 0 atom stereocenters. The lowest BCUT2D eigenvalue weighted by molar-refractivity contribution is -0.133. The average molecular weight is 535 g/mol. The van der Waals surface area contributed by atoms with Gasteiger partial charge in [-0.2, -0.15) is 0 Å². The van der Waals surface area contributed by atoms with Gasteiger partial charge in [0.2, 0.25) is 5.91 Å². The third kappa shape index (κ3) is 5.68. The maximum Gasteiger partial charge on any atom is 0.255 e. The first kappa shape index (κ1) is 26.6. The summed E-state index contributed by atoms with van der Waals surface area (Å²) in [7, 11) is 0. The summed E-state index contributed by atoms with van der Waals surface area (Å²) in [5, 5.41) is 2.11. The van der Waals surface area contributed by atoms with Crippen LogP contribution in [0.2, 0.25) is 0 Å². The molecule has 40 heavy (non-hydrogen) atoms. The zero-order chi connectivity index (χ0) is 28.1. The lowest BCUT2D eigenvalue weighted by Crippen LogP contribution is -2.43. The van der Waals surface area contributed by atoms with E-state index in [-0.39, 0.29) is 43.4 Å². The molecular weight excluding hydrogens is 507 g/mol. The normalized spacial score (nSPS) is 10.9. The number of rotatable bonds is 9. The van der Waals surface area contributed by atoms with E-state index in [1.54, 1.807) is 48.5 Å². The summed E-state index contributed by atoms with van der Waals surface area (Å²) in [4.78, 5) is 43.5. The lowest BCUT2D eigenvalue weighted by Gasteiger charge is -2.27. The van der Waals surface area contributed by atoms with Gasteiger partial charge in [-0.1, -0.05) is 66.7 Å². The minimum atomic E-state index is -0.394. The Labute approximate surface area is 230 Å². The number of hydrogen-bond donors (Lipinski definition) is 0. The number of carbonyl (C=O) groups is 2. The van der Waals surface area contributed by atoms with Crippen molar-refractivity contribution in [3.63, 3.8) is 0 Å². The molecule has 1 heterocycles. The summed E-state index contributed by atoms with van der Waals surface area (Å²) in [5.74, 6) is -1.08. The first-order chi connectivity index (χ1) is 19.4. The smallest absolute Gasteiger partial charge is 0.255 e. The second-order valence-electron chi connectivity index (χ2n) is 9.46. The molecule has 0 unspecified atom stereocenters. The van der Waals surface area contributed by atoms with E-state index in [0.29, 0.717) is 27.7 Å². The molecular formula is C33H27FN2O4. The van der Waals surface area contributed by atoms with Crippen molar-refractivity contribution in [2.24, 2.45) is 0 Å². The summed E-state index contributed by atoms with van der Waals surface area (Å²) in [5.41, 5.74) is 1.66. The van der Waals surface area contributed by atoms with Crippen LogP contribution in [0.4, 0.5) is 4.39 Å². The molecule has 0 aliphatic carbocycles. The number of halogens is 1. The van der Waals surface area contributed by atoms with Crippen molar-refractivity contribution >= 4 is 33.6 Å². The summed E-state index contributed by atoms with van der Waals surface area (Å²) in [6.45, 7) is 3.73. The summed E-state index contributed by atoms with van der Waals surface area (Å²) in [6.07, 6.45) is 2.93. The second kappa shape index (κ2) is 11.8. The van der Waals surface area contributed by atoms with Crippen LogP contribution in [0.1, 0.15) is 21.5 Å². The Morgan fingerprint density at radius 2 is 1.52 bits per heavy atom. The van der Waals surface area contributed by atoms with E-state index in [1.807, 2.05) is 36.4 Å². The second-order valence-corrected chi connectivity index (χ2v) is 9.46. The number of hydrogen-bond acceptors (Lipinski definition) is 4. The molecule has 5 aromatic rings. The first-order valence-corrected chi connectivity index (χ1v) is 12.8. The molecule has 0 N–H and O–H groups in total. The number of benzene rings is 4. The van der Waals surface area contributed by atoms with E-state index in [1.165, 1.54) is 28.2 Å². The fourth-order valence-electron chi connectivity index (χ4n) is 4.70. The zero-order valence-corrected chi connectivity index (χ0v) is 21.8. The van der Waals surface area contributed by atoms with Crippen LogP contribution >= 0.6 is 0 Å². The van der Waals surface area contributed by atoms with Gasteiger partial charge in [0.1, 0.15) is 17.9 Å². The first-order valence-electron chi connectivity index (χ1n) is 12.8. The minimum Gasteiger partial charge on any atom is -0.464 e. The van der Waals surface area contributed by atoms with Crippen LogP contribution in [0.15, 0.2) is 119 Å². The van der Waals surface area contributed by atoms with Crippen LogP contribution in [0.5, 0.6) is 0 Å². The van der Waals surface area contributed by atoms with Gasteiger partial charge < -0.3 is 14.2 Å². The standard InChI is InChI=1S/C33H27FN2O4/c1-2-18-35(33(39)28-12-7-9-24-8-3-4-10-27(24)28)21-31(37)36(19-23-14-16-26(34)17-15-23)20-25-22-40-30-13-6-5-11-29(30)32(25)38/h2-17,22H,1,18-21H2. The highest BCUT2D eigenvalue weighted by Gasteiger charge is 2.24. The minimum absolute atomic E-state index is 0.0479. The van der Waals surface area contributed by atoms with E-state index >= 15 is 0 Å². The summed E-state index contributed by atoms with van der Waals surface area (Å²) < 4.78 is 19.2. The largest absolute Gasteiger partial charge is 0.464 e. The van der Waals surface area contributed by atoms with Crippen molar-refractivity contribution in [3.05, 3.63) is 143 Å². The van der Waals surface area contributed by atoms with E-state index in [4.69, 9.17) is 4.42 Å². The van der Waals surface area contributed by atoms with Gasteiger partial charge >= 0.3 is 0 Å². The maximum absolute atomic E-state index is 13.8. The van der Waals surface area contributed by atoms with Crippen LogP contribution in [-0.4, -0.2) is 34.7 Å². The molecule has 6 nitrogen and oxygen atoms in total. The third-order valence-corrected chi connectivity index (χ3v) is 6.73. The zero-order valence-electron chi connectivity index (χ0n) is 21.8. The molecule has 7 heteroatoms. The van der Waals surface area contributed by atoms with Crippen molar-refractivity contribution in [3.8, 4) is 0 Å². The highest BCUT2D eigenvalue weighted by molar-refractivity contribution is 6.07. The Balaban J connectivity index is 1.46. The SMILES string of the molecule is C=CCN(CC(=O)N(Cc1ccc(F)cc1)Cc1coc2ccccc2c1=O)C(=O)c1cccc2ccccc12. The van der Waals surface area contributed by atoms with Gasteiger partial charge in [-0.15, -0.1) is 6.58 Å². The molecule has 0 aliphatic heterocycles. The van der Waals surface area contributed by atoms with Crippen LogP contribution in [0, 0.1) is 5.82 Å². The molecule has 200 valence electrons. The molecule has 0 radical (unpaired) electrons. The summed E-state index contributed by atoms with van der Waals surface area (Å²) >= 11 is 0. The predicted octanol–water partition coefficient (Wildman–Crippen LogP) is 5.94. The monoisotopic (exact) mass is 534 g/mol. The molecule has 0 spiro atoms. The molecule has 0 fully saturated rings. The Morgan fingerprint density at radius 1 is 0.825 bits per heavy atom. The molecule has 0 saturated carbocycles. The molecule has 5 rings (SSSR count). The topological polar surface area (TPSA) is 70.8 Å². The fourth-order valence-corrected chi connectivity index (χ4v) is 4.70. The molecule has 0 bridgehead atoms. The predicted molar refractivity (Wildman–Crippen MR) is 153 cm³/mol. The van der Waals surface area contributed by atoms with Gasteiger partial charge in [0.25, 0.3) is 5.91 Å². The molecule has 2 amide bonds. The lowest BCUT2D eigenvalue weighted by atomic mass is 10.0. The Bertz CT molecular complexity index is 1760. The molecule has 1 aromatic heterocycles. The van der Waals surface area contributed by atoms with E-state index in [9.17, 15) is 18.8 Å². The van der Waals surface area contributed by atoms with Crippen LogP contribution < -0.4 is 5.43 Å². The number of para-hydroxylation sites is 1. The maximum atomic E-state index is 13.8. The van der Waals surface area contributed by atoms with Crippen molar-refractivity contribution in [1.29, 1.82) is 0 Å². The van der Waals surface area contributed by atoms with Gasteiger partial charge in [0.15, 0.2) is 5.43 Å². The van der Waals surface area contributed by atoms with Crippen LogP contribution in [0.25, 0.3) is 21.7 Å². The highest BCUT2D eigenvalue weighted by atomic mass is 19.1. The van der Waals surface area contributed by atoms with Gasteiger partial charge in [0, 0.05) is 18.7 Å². The van der Waals surface area contributed by atoms with E-state index < -0.39 is 5.82 Å². The molecule has 0 aliphatic rings. The highest BCUT2D eigenvalue weighted by Crippen LogP contribution is 2.21. The van der Waals surface area contributed by atoms with Gasteiger partial charge in [-0.3, -0.25) is 14.4 Å². The van der Waals surface area contributed by atoms with E-state index in [0.717, 1.165) is 10.8 Å². The number of nitrogens with zero attached hydrogens (tertiary/aromatic N) is 2. The average Bonchev–Trinajstić information content (AvgIpc) is 2.98. The van der Waals surface area contributed by atoms with Crippen molar-refractivity contribution in [2.75, 3.05) is 13.1 Å². The molecule has 0 saturated heterocycles. The molecule has 4 aromatic carbocycles. The quantitative estimate of drug-likeness (QED) is 0.219. The van der Waals surface area contributed by atoms with Gasteiger partial charge in [-0.25, -0.2) is 4.39 Å². The van der Waals surface area contributed by atoms with Gasteiger partial charge in [0.05, 0.1) is 23.8 Å². The van der Waals surface area contributed by atoms with Gasteiger partial charge in [-0.05, 0) is 46.7 Å². The van der Waals surface area contributed by atoms with E-state index in [2.05, 4.69) is 6.58 Å². The third-order valence-electron chi connectivity index (χ3n) is 6.73. The van der Waals surface area contributed by atoms with Crippen LogP contribution in [0.3, 0.4) is 0 Å². The number of amides is 2. The Hall–Kier alpha value is -5.04. The van der Waals surface area contributed by atoms with Crippen molar-refractivity contribution in [1.82, 2.24) is 9.80 Å². The number of carbonyl (C=O) groups excluding carboxylic acids is 2. The number of fused-ring (bicyclic) bond motifs is 2. The Kier molecular flexibility index (Phi) is 7.82. The summed E-state index contributed by atoms with van der Waals surface area (Å²) in [6, 6.07) is 25.7. The Morgan fingerprint density at radius 3 is 2.30 bits per heavy atom. The van der Waals surface area contributed by atoms with Crippen LogP contribution in [-0.2, 0) is 17.9 Å².